The van der Waals surface area contributed by atoms with E-state index in [4.69, 9.17) is 4.74 Å². The molecule has 41 heavy (non-hydrogen) atoms. The van der Waals surface area contributed by atoms with E-state index < -0.39 is 17.4 Å². The molecule has 0 saturated heterocycles. The second-order valence-electron chi connectivity index (χ2n) is 11.3. The number of benzene rings is 1. The van der Waals surface area contributed by atoms with E-state index in [0.717, 1.165) is 16.7 Å². The molecular formula is C30H35F2N7O2. The van der Waals surface area contributed by atoms with Gasteiger partial charge in [0.05, 0.1) is 24.9 Å². The molecule has 1 aliphatic heterocycles. The SMILES string of the molecule is CCOc1cc([C@H](C)N2CC3(CC(F)(F)C3)c3c(CN(C)C)cc(Cn4ccnc4NC)cc3C2=O)ncc1C#N. The van der Waals surface area contributed by atoms with Gasteiger partial charge in [0, 0.05) is 68.6 Å². The number of anilines is 1. The molecule has 0 bridgehead atoms. The molecule has 3 heterocycles. The Morgan fingerprint density at radius 3 is 2.63 bits per heavy atom. The van der Waals surface area contributed by atoms with Gasteiger partial charge in [-0.2, -0.15) is 5.26 Å². The molecule has 1 saturated carbocycles. The molecule has 216 valence electrons. The fraction of sp³-hybridized carbons (Fsp3) is 0.467. The third-order valence-electron chi connectivity index (χ3n) is 7.95. The Hall–Kier alpha value is -4.04. The monoisotopic (exact) mass is 563 g/mol. The molecule has 11 heteroatoms. The Kier molecular flexibility index (Phi) is 7.46. The maximum atomic E-state index is 14.6. The van der Waals surface area contributed by atoms with Gasteiger partial charge in [-0.15, -0.1) is 0 Å². The number of nitrogens with one attached hydrogen (secondary N) is 1. The summed E-state index contributed by atoms with van der Waals surface area (Å²) in [5.41, 5.74) is 2.92. The van der Waals surface area contributed by atoms with Crippen molar-refractivity contribution >= 4 is 11.9 Å². The number of carbonyl (C=O) groups excluding carboxylic acids is 1. The van der Waals surface area contributed by atoms with Crippen molar-refractivity contribution in [1.82, 2.24) is 24.3 Å². The summed E-state index contributed by atoms with van der Waals surface area (Å²) in [5, 5.41) is 12.5. The van der Waals surface area contributed by atoms with E-state index in [1.165, 1.54) is 6.20 Å². The number of fused-ring (bicyclic) bond motifs is 2. The lowest BCUT2D eigenvalue weighted by Gasteiger charge is -2.54. The summed E-state index contributed by atoms with van der Waals surface area (Å²) in [7, 11) is 5.66. The van der Waals surface area contributed by atoms with Gasteiger partial charge in [-0.25, -0.2) is 13.8 Å². The van der Waals surface area contributed by atoms with E-state index in [0.29, 0.717) is 48.2 Å². The summed E-state index contributed by atoms with van der Waals surface area (Å²) < 4.78 is 36.9. The zero-order chi connectivity index (χ0) is 29.5. The van der Waals surface area contributed by atoms with Crippen molar-refractivity contribution in [3.63, 3.8) is 0 Å². The minimum atomic E-state index is -2.80. The molecule has 2 aliphatic rings. The van der Waals surface area contributed by atoms with Gasteiger partial charge < -0.3 is 24.4 Å². The van der Waals surface area contributed by atoms with E-state index >= 15 is 0 Å². The standard InChI is InChI=1S/C30H35F2N7O2/c1-6-41-25-11-24(36-13-22(25)12-33)19(2)39-18-29(16-30(31,32)17-29)26-21(15-37(4)5)9-20(10-23(26)27(39)40)14-38-8-7-35-28(38)34-3/h7-11,13,19H,6,14-18H2,1-5H3,(H,34,35)/t19-/m0/s1. The summed E-state index contributed by atoms with van der Waals surface area (Å²) in [4.78, 5) is 26.7. The Morgan fingerprint density at radius 2 is 2.00 bits per heavy atom. The maximum absolute atomic E-state index is 14.6. The Balaban J connectivity index is 1.61. The summed E-state index contributed by atoms with van der Waals surface area (Å²) in [6, 6.07) is 7.11. The molecule has 5 rings (SSSR count). The first-order chi connectivity index (χ1) is 19.5. The van der Waals surface area contributed by atoms with Gasteiger partial charge in [-0.05, 0) is 50.7 Å². The second-order valence-corrected chi connectivity index (χ2v) is 11.3. The highest BCUT2D eigenvalue weighted by Gasteiger charge is 2.61. The van der Waals surface area contributed by atoms with Crippen LogP contribution in [0.25, 0.3) is 0 Å². The van der Waals surface area contributed by atoms with Crippen molar-refractivity contribution in [2.24, 2.45) is 0 Å². The zero-order valence-electron chi connectivity index (χ0n) is 24.0. The van der Waals surface area contributed by atoms with Gasteiger partial charge in [0.1, 0.15) is 17.4 Å². The van der Waals surface area contributed by atoms with E-state index in [-0.39, 0.29) is 25.3 Å². The summed E-state index contributed by atoms with van der Waals surface area (Å²) in [6.45, 7) is 5.17. The van der Waals surface area contributed by atoms with Gasteiger partial charge in [0.25, 0.3) is 5.91 Å². The van der Waals surface area contributed by atoms with Crippen molar-refractivity contribution in [2.75, 3.05) is 39.6 Å². The molecule has 1 amide bonds. The Morgan fingerprint density at radius 1 is 1.24 bits per heavy atom. The minimum Gasteiger partial charge on any atom is -0.492 e. The van der Waals surface area contributed by atoms with Crippen LogP contribution in [-0.4, -0.2) is 70.5 Å². The number of hydrogen-bond donors (Lipinski definition) is 1. The van der Waals surface area contributed by atoms with Crippen molar-refractivity contribution in [1.29, 1.82) is 5.26 Å². The lowest BCUT2D eigenvalue weighted by molar-refractivity contribution is -0.135. The lowest BCUT2D eigenvalue weighted by Crippen LogP contribution is -2.60. The number of halogens is 2. The molecule has 2 aromatic heterocycles. The van der Waals surface area contributed by atoms with Crippen LogP contribution in [0.4, 0.5) is 14.7 Å². The van der Waals surface area contributed by atoms with Crippen LogP contribution in [0.1, 0.15) is 71.0 Å². The number of ether oxygens (including phenoxy) is 1. The quantitative estimate of drug-likeness (QED) is 0.407. The average molecular weight is 564 g/mol. The number of hydrogen-bond acceptors (Lipinski definition) is 7. The number of imidazole rings is 1. The van der Waals surface area contributed by atoms with Crippen LogP contribution in [0, 0.1) is 11.3 Å². The van der Waals surface area contributed by atoms with Crippen LogP contribution >= 0.6 is 0 Å². The first kappa shape index (κ1) is 28.5. The topological polar surface area (TPSA) is 99.3 Å². The van der Waals surface area contributed by atoms with Gasteiger partial charge in [-0.1, -0.05) is 6.07 Å². The van der Waals surface area contributed by atoms with Crippen LogP contribution in [0.5, 0.6) is 5.75 Å². The highest BCUT2D eigenvalue weighted by atomic mass is 19.3. The lowest BCUT2D eigenvalue weighted by atomic mass is 9.58. The number of carbonyl (C=O) groups is 1. The fourth-order valence-electron chi connectivity index (χ4n) is 6.35. The van der Waals surface area contributed by atoms with Crippen LogP contribution in [0.2, 0.25) is 0 Å². The third kappa shape index (κ3) is 5.24. The van der Waals surface area contributed by atoms with E-state index in [2.05, 4.69) is 21.4 Å². The first-order valence-corrected chi connectivity index (χ1v) is 13.7. The van der Waals surface area contributed by atoms with Crippen molar-refractivity contribution < 1.29 is 18.3 Å². The van der Waals surface area contributed by atoms with Crippen molar-refractivity contribution in [3.05, 3.63) is 70.3 Å². The first-order valence-electron chi connectivity index (χ1n) is 13.7. The zero-order valence-corrected chi connectivity index (χ0v) is 24.0. The number of alkyl halides is 2. The van der Waals surface area contributed by atoms with Crippen LogP contribution in [-0.2, 0) is 18.5 Å². The van der Waals surface area contributed by atoms with Gasteiger partial charge in [0.2, 0.25) is 11.9 Å². The highest BCUT2D eigenvalue weighted by molar-refractivity contribution is 5.98. The van der Waals surface area contributed by atoms with Gasteiger partial charge in [0.15, 0.2) is 0 Å². The third-order valence-corrected chi connectivity index (χ3v) is 7.95. The predicted molar refractivity (Wildman–Crippen MR) is 150 cm³/mol. The Labute approximate surface area is 238 Å². The molecule has 1 aliphatic carbocycles. The highest BCUT2D eigenvalue weighted by Crippen LogP contribution is 2.58. The van der Waals surface area contributed by atoms with E-state index in [1.807, 2.05) is 55.7 Å². The second kappa shape index (κ2) is 10.7. The Bertz CT molecular complexity index is 1500. The molecule has 1 N–H and O–H groups in total. The number of nitriles is 1. The van der Waals surface area contributed by atoms with Crippen LogP contribution < -0.4 is 10.1 Å². The molecule has 0 unspecified atom stereocenters. The minimum absolute atomic E-state index is 0.159. The number of pyridine rings is 1. The largest absolute Gasteiger partial charge is 0.492 e. The summed E-state index contributed by atoms with van der Waals surface area (Å²) in [5.74, 6) is -1.95. The van der Waals surface area contributed by atoms with Gasteiger partial charge in [-0.3, -0.25) is 9.78 Å². The van der Waals surface area contributed by atoms with Crippen LogP contribution in [0.15, 0.2) is 36.8 Å². The molecule has 1 spiro atoms. The molecule has 0 radical (unpaired) electrons. The summed E-state index contributed by atoms with van der Waals surface area (Å²) >= 11 is 0. The number of nitrogens with zero attached hydrogens (tertiary/aromatic N) is 6. The van der Waals surface area contributed by atoms with Gasteiger partial charge >= 0.3 is 0 Å². The smallest absolute Gasteiger partial charge is 0.254 e. The molecule has 9 nitrogen and oxygen atoms in total. The molecule has 1 fully saturated rings. The normalized spacial score (nSPS) is 17.6. The van der Waals surface area contributed by atoms with Crippen molar-refractivity contribution in [2.45, 2.75) is 57.2 Å². The van der Waals surface area contributed by atoms with E-state index in [1.54, 1.807) is 24.2 Å². The number of aromatic nitrogens is 3. The maximum Gasteiger partial charge on any atom is 0.254 e. The van der Waals surface area contributed by atoms with Crippen LogP contribution in [0.3, 0.4) is 0 Å². The number of amides is 1. The fourth-order valence-corrected chi connectivity index (χ4v) is 6.35. The molecule has 1 aromatic carbocycles. The molecular weight excluding hydrogens is 528 g/mol. The summed E-state index contributed by atoms with van der Waals surface area (Å²) in [6.07, 6.45) is 4.35. The number of rotatable bonds is 9. The average Bonchev–Trinajstić information content (AvgIpc) is 3.35. The molecule has 1 atom stereocenters. The van der Waals surface area contributed by atoms with Crippen molar-refractivity contribution in [3.8, 4) is 11.8 Å². The molecule has 3 aromatic rings. The van der Waals surface area contributed by atoms with E-state index in [9.17, 15) is 18.8 Å². The predicted octanol–water partition coefficient (Wildman–Crippen LogP) is 4.58.